The molecule has 0 saturated carbocycles. The van der Waals surface area contributed by atoms with Crippen LogP contribution in [0.4, 0.5) is 5.82 Å². The molecule has 0 fully saturated rings. The SMILES string of the molecule is CC[C@H](COC)Nc1ccccn1. The van der Waals surface area contributed by atoms with Gasteiger partial charge in [-0.25, -0.2) is 4.98 Å². The molecule has 1 N–H and O–H groups in total. The van der Waals surface area contributed by atoms with Gasteiger partial charge in [-0.2, -0.15) is 0 Å². The van der Waals surface area contributed by atoms with Crippen LogP contribution in [0.25, 0.3) is 0 Å². The fourth-order valence-electron chi connectivity index (χ4n) is 1.12. The second kappa shape index (κ2) is 5.54. The van der Waals surface area contributed by atoms with Gasteiger partial charge in [0, 0.05) is 13.3 Å². The van der Waals surface area contributed by atoms with Gasteiger partial charge in [0.1, 0.15) is 5.82 Å². The zero-order valence-corrected chi connectivity index (χ0v) is 8.16. The van der Waals surface area contributed by atoms with Crippen molar-refractivity contribution in [2.75, 3.05) is 19.0 Å². The molecule has 1 rings (SSSR count). The molecule has 0 bridgehead atoms. The van der Waals surface area contributed by atoms with Crippen molar-refractivity contribution >= 4 is 5.82 Å². The van der Waals surface area contributed by atoms with Crippen LogP contribution in [0.5, 0.6) is 0 Å². The number of nitrogens with zero attached hydrogens (tertiary/aromatic N) is 1. The summed E-state index contributed by atoms with van der Waals surface area (Å²) in [7, 11) is 1.71. The fourth-order valence-corrected chi connectivity index (χ4v) is 1.12. The van der Waals surface area contributed by atoms with Crippen LogP contribution in [-0.2, 0) is 4.74 Å². The number of aromatic nitrogens is 1. The predicted octanol–water partition coefficient (Wildman–Crippen LogP) is 1.92. The summed E-state index contributed by atoms with van der Waals surface area (Å²) >= 11 is 0. The highest BCUT2D eigenvalue weighted by Gasteiger charge is 2.04. The van der Waals surface area contributed by atoms with E-state index in [2.05, 4.69) is 17.2 Å². The molecule has 1 heterocycles. The van der Waals surface area contributed by atoms with E-state index in [1.807, 2.05) is 18.2 Å². The van der Waals surface area contributed by atoms with Gasteiger partial charge in [-0.1, -0.05) is 13.0 Å². The third-order valence-corrected chi connectivity index (χ3v) is 1.88. The van der Waals surface area contributed by atoms with Crippen LogP contribution in [0.15, 0.2) is 24.4 Å². The van der Waals surface area contributed by atoms with Crippen molar-refractivity contribution in [1.82, 2.24) is 4.98 Å². The number of nitrogens with one attached hydrogen (secondary N) is 1. The first-order valence-corrected chi connectivity index (χ1v) is 4.53. The maximum Gasteiger partial charge on any atom is 0.126 e. The average molecular weight is 180 g/mol. The van der Waals surface area contributed by atoms with Crippen molar-refractivity contribution in [1.29, 1.82) is 0 Å². The molecule has 0 aliphatic heterocycles. The first-order valence-electron chi connectivity index (χ1n) is 4.53. The van der Waals surface area contributed by atoms with E-state index in [9.17, 15) is 0 Å². The van der Waals surface area contributed by atoms with Crippen molar-refractivity contribution in [3.8, 4) is 0 Å². The van der Waals surface area contributed by atoms with Gasteiger partial charge in [0.2, 0.25) is 0 Å². The van der Waals surface area contributed by atoms with Crippen LogP contribution < -0.4 is 5.32 Å². The molecule has 0 aromatic carbocycles. The van der Waals surface area contributed by atoms with E-state index in [1.165, 1.54) is 0 Å². The van der Waals surface area contributed by atoms with Gasteiger partial charge in [0.05, 0.1) is 12.6 Å². The molecule has 3 heteroatoms. The normalized spacial score (nSPS) is 12.5. The van der Waals surface area contributed by atoms with Gasteiger partial charge in [0.15, 0.2) is 0 Å². The highest BCUT2D eigenvalue weighted by atomic mass is 16.5. The summed E-state index contributed by atoms with van der Waals surface area (Å²) in [4.78, 5) is 4.18. The molecule has 72 valence electrons. The summed E-state index contributed by atoms with van der Waals surface area (Å²) in [5.74, 6) is 0.909. The molecule has 0 unspecified atom stereocenters. The van der Waals surface area contributed by atoms with E-state index in [-0.39, 0.29) is 0 Å². The Morgan fingerprint density at radius 3 is 2.92 bits per heavy atom. The molecule has 3 nitrogen and oxygen atoms in total. The van der Waals surface area contributed by atoms with Crippen LogP contribution in [0.3, 0.4) is 0 Å². The zero-order valence-electron chi connectivity index (χ0n) is 8.16. The van der Waals surface area contributed by atoms with E-state index in [0.29, 0.717) is 12.6 Å². The maximum absolute atomic E-state index is 5.08. The maximum atomic E-state index is 5.08. The molecule has 0 amide bonds. The van der Waals surface area contributed by atoms with Gasteiger partial charge in [-0.05, 0) is 18.6 Å². The Bertz CT molecular complexity index is 226. The van der Waals surface area contributed by atoms with Gasteiger partial charge in [-0.15, -0.1) is 0 Å². The molecule has 13 heavy (non-hydrogen) atoms. The topological polar surface area (TPSA) is 34.1 Å². The van der Waals surface area contributed by atoms with E-state index < -0.39 is 0 Å². The Balaban J connectivity index is 2.46. The lowest BCUT2D eigenvalue weighted by Gasteiger charge is -2.15. The number of hydrogen-bond acceptors (Lipinski definition) is 3. The Morgan fingerprint density at radius 1 is 1.54 bits per heavy atom. The van der Waals surface area contributed by atoms with Crippen molar-refractivity contribution in [3.05, 3.63) is 24.4 Å². The monoisotopic (exact) mass is 180 g/mol. The summed E-state index contributed by atoms with van der Waals surface area (Å²) in [5, 5.41) is 3.29. The molecule has 1 aromatic heterocycles. The summed E-state index contributed by atoms with van der Waals surface area (Å²) in [6.45, 7) is 2.84. The lowest BCUT2D eigenvalue weighted by molar-refractivity contribution is 0.184. The number of methoxy groups -OCH3 is 1. The molecular weight excluding hydrogens is 164 g/mol. The summed E-state index contributed by atoms with van der Waals surface area (Å²) in [6, 6.07) is 6.18. The number of anilines is 1. The summed E-state index contributed by atoms with van der Waals surface area (Å²) < 4.78 is 5.08. The highest BCUT2D eigenvalue weighted by Crippen LogP contribution is 2.04. The Morgan fingerprint density at radius 2 is 2.38 bits per heavy atom. The van der Waals surface area contributed by atoms with Crippen LogP contribution in [-0.4, -0.2) is 24.7 Å². The Kier molecular flexibility index (Phi) is 4.26. The van der Waals surface area contributed by atoms with Gasteiger partial charge in [0.25, 0.3) is 0 Å². The van der Waals surface area contributed by atoms with Crippen molar-refractivity contribution in [2.45, 2.75) is 19.4 Å². The van der Waals surface area contributed by atoms with Crippen LogP contribution in [0.2, 0.25) is 0 Å². The average Bonchev–Trinajstić information content (AvgIpc) is 2.19. The first kappa shape index (κ1) is 9.99. The molecule has 0 aliphatic rings. The van der Waals surface area contributed by atoms with Crippen molar-refractivity contribution in [3.63, 3.8) is 0 Å². The molecule has 1 atom stereocenters. The Hall–Kier alpha value is -1.09. The largest absolute Gasteiger partial charge is 0.383 e. The third kappa shape index (κ3) is 3.42. The molecule has 0 aliphatic carbocycles. The quantitative estimate of drug-likeness (QED) is 0.751. The number of ether oxygens (including phenoxy) is 1. The summed E-state index contributed by atoms with van der Waals surface area (Å²) in [5.41, 5.74) is 0. The first-order chi connectivity index (χ1) is 6.36. The zero-order chi connectivity index (χ0) is 9.52. The smallest absolute Gasteiger partial charge is 0.126 e. The number of hydrogen-bond donors (Lipinski definition) is 1. The van der Waals surface area contributed by atoms with Crippen molar-refractivity contribution in [2.24, 2.45) is 0 Å². The Labute approximate surface area is 79.1 Å². The van der Waals surface area contributed by atoms with Crippen LogP contribution >= 0.6 is 0 Å². The lowest BCUT2D eigenvalue weighted by atomic mass is 10.2. The minimum absolute atomic E-state index is 0.347. The van der Waals surface area contributed by atoms with Gasteiger partial charge in [-0.3, -0.25) is 0 Å². The molecule has 0 spiro atoms. The van der Waals surface area contributed by atoms with E-state index in [1.54, 1.807) is 13.3 Å². The van der Waals surface area contributed by atoms with E-state index in [4.69, 9.17) is 4.74 Å². The number of pyridine rings is 1. The second-order valence-electron chi connectivity index (χ2n) is 2.92. The second-order valence-corrected chi connectivity index (χ2v) is 2.92. The standard InChI is InChI=1S/C10H16N2O/c1-3-9(8-13-2)12-10-6-4-5-7-11-10/h4-7,9H,3,8H2,1-2H3,(H,11,12)/t9-/m1/s1. The molecule has 1 aromatic rings. The predicted molar refractivity (Wildman–Crippen MR) is 53.8 cm³/mol. The third-order valence-electron chi connectivity index (χ3n) is 1.88. The lowest BCUT2D eigenvalue weighted by Crippen LogP contribution is -2.24. The van der Waals surface area contributed by atoms with Crippen molar-refractivity contribution < 1.29 is 4.74 Å². The fraction of sp³-hybridized carbons (Fsp3) is 0.500. The summed E-state index contributed by atoms with van der Waals surface area (Å²) in [6.07, 6.45) is 2.81. The molecular formula is C10H16N2O. The molecule has 0 radical (unpaired) electrons. The van der Waals surface area contributed by atoms with E-state index in [0.717, 1.165) is 12.2 Å². The minimum Gasteiger partial charge on any atom is -0.383 e. The molecule has 0 saturated heterocycles. The number of rotatable bonds is 5. The van der Waals surface area contributed by atoms with Gasteiger partial charge < -0.3 is 10.1 Å². The minimum atomic E-state index is 0.347. The van der Waals surface area contributed by atoms with E-state index >= 15 is 0 Å². The van der Waals surface area contributed by atoms with Crippen LogP contribution in [0.1, 0.15) is 13.3 Å². The van der Waals surface area contributed by atoms with Gasteiger partial charge >= 0.3 is 0 Å². The van der Waals surface area contributed by atoms with Crippen LogP contribution in [0, 0.1) is 0 Å². The highest BCUT2D eigenvalue weighted by molar-refractivity contribution is 5.34.